The van der Waals surface area contributed by atoms with Gasteiger partial charge in [-0.15, -0.1) is 21.5 Å². The quantitative estimate of drug-likeness (QED) is 0.274. The molecule has 2 heterocycles. The molecule has 1 aromatic carbocycles. The first-order valence-electron chi connectivity index (χ1n) is 11.4. The number of carbonyl (C=O) groups is 3. The minimum absolute atomic E-state index is 0.0313. The second kappa shape index (κ2) is 12.5. The van der Waals surface area contributed by atoms with Crippen LogP contribution in [0.25, 0.3) is 0 Å². The average molecular weight is 586 g/mol. The van der Waals surface area contributed by atoms with Crippen LogP contribution in [0.5, 0.6) is 5.75 Å². The fraction of sp³-hybridized carbons (Fsp3) is 0.375. The molecule has 0 spiro atoms. The number of hydrogen-bond acceptors (Lipinski definition) is 9. The van der Waals surface area contributed by atoms with Crippen molar-refractivity contribution in [3.63, 3.8) is 0 Å². The third-order valence-electron chi connectivity index (χ3n) is 5.36. The summed E-state index contributed by atoms with van der Waals surface area (Å²) in [7, 11) is 4.37. The standard InChI is InChI=1S/C24H26F3N5O5S2/c1-6-32-16(11-37-15-9-7-8-14(10-15)24(25,26)27)29-30-23(32)38-12-17(33)28-20-18(22(35)36-5)13(2)19(39-20)21(34)31(3)4/h7-10H,6,11-12H2,1-5H3,(H,28,33). The third kappa shape index (κ3) is 7.09. The highest BCUT2D eigenvalue weighted by Gasteiger charge is 2.31. The van der Waals surface area contributed by atoms with Gasteiger partial charge < -0.3 is 24.3 Å². The average Bonchev–Trinajstić information content (AvgIpc) is 3.44. The SMILES string of the molecule is CCn1c(COc2cccc(C(F)(F)F)c2)nnc1SCC(=O)Nc1sc(C(=O)N(C)C)c(C)c1C(=O)OC. The number of ether oxygens (including phenoxy) is 2. The van der Waals surface area contributed by atoms with E-state index in [1.807, 2.05) is 6.92 Å². The van der Waals surface area contributed by atoms with Crippen molar-refractivity contribution >= 4 is 45.9 Å². The predicted octanol–water partition coefficient (Wildman–Crippen LogP) is 4.48. The topological polar surface area (TPSA) is 116 Å². The first kappa shape index (κ1) is 30.0. The molecule has 1 N–H and O–H groups in total. The van der Waals surface area contributed by atoms with Crippen molar-refractivity contribution in [3.8, 4) is 5.75 Å². The van der Waals surface area contributed by atoms with Gasteiger partial charge in [-0.25, -0.2) is 4.79 Å². The fourth-order valence-corrected chi connectivity index (χ4v) is 5.46. The van der Waals surface area contributed by atoms with Gasteiger partial charge in [0.05, 0.1) is 28.9 Å². The number of aromatic nitrogens is 3. The summed E-state index contributed by atoms with van der Waals surface area (Å²) in [4.78, 5) is 39.3. The van der Waals surface area contributed by atoms with Crippen LogP contribution in [-0.4, -0.2) is 64.4 Å². The molecule has 0 aliphatic rings. The second-order valence-corrected chi connectivity index (χ2v) is 10.2. The van der Waals surface area contributed by atoms with E-state index in [0.717, 1.165) is 35.2 Å². The highest BCUT2D eigenvalue weighted by Crippen LogP contribution is 2.35. The molecule has 3 rings (SSSR count). The number of nitrogens with one attached hydrogen (secondary N) is 1. The van der Waals surface area contributed by atoms with Gasteiger partial charge in [0.15, 0.2) is 11.0 Å². The Bertz CT molecular complexity index is 1370. The molecule has 0 atom stereocenters. The maximum absolute atomic E-state index is 13.0. The van der Waals surface area contributed by atoms with E-state index in [2.05, 4.69) is 15.5 Å². The van der Waals surface area contributed by atoms with Gasteiger partial charge in [-0.05, 0) is 37.6 Å². The van der Waals surface area contributed by atoms with Gasteiger partial charge >= 0.3 is 12.1 Å². The number of carbonyl (C=O) groups excluding carboxylic acids is 3. The number of amides is 2. The molecule has 0 bridgehead atoms. The molecule has 10 nitrogen and oxygen atoms in total. The number of thioether (sulfide) groups is 1. The maximum Gasteiger partial charge on any atom is 0.416 e. The van der Waals surface area contributed by atoms with E-state index in [-0.39, 0.29) is 34.6 Å². The van der Waals surface area contributed by atoms with E-state index in [1.54, 1.807) is 25.6 Å². The largest absolute Gasteiger partial charge is 0.486 e. The van der Waals surface area contributed by atoms with Crippen LogP contribution < -0.4 is 10.1 Å². The molecule has 0 radical (unpaired) electrons. The molecule has 2 aromatic heterocycles. The number of halogens is 3. The monoisotopic (exact) mass is 585 g/mol. The van der Waals surface area contributed by atoms with Crippen molar-refractivity contribution < 1.29 is 37.0 Å². The summed E-state index contributed by atoms with van der Waals surface area (Å²) < 4.78 is 50.9. The van der Waals surface area contributed by atoms with Crippen molar-refractivity contribution in [1.82, 2.24) is 19.7 Å². The van der Waals surface area contributed by atoms with E-state index in [4.69, 9.17) is 9.47 Å². The van der Waals surface area contributed by atoms with Crippen molar-refractivity contribution in [2.24, 2.45) is 0 Å². The zero-order chi connectivity index (χ0) is 28.9. The summed E-state index contributed by atoms with van der Waals surface area (Å²) in [5.41, 5.74) is -0.310. The summed E-state index contributed by atoms with van der Waals surface area (Å²) in [6, 6.07) is 4.52. The zero-order valence-corrected chi connectivity index (χ0v) is 23.3. The number of thiophene rings is 1. The summed E-state index contributed by atoms with van der Waals surface area (Å²) in [5, 5.41) is 11.4. The van der Waals surface area contributed by atoms with Gasteiger partial charge in [0.1, 0.15) is 17.4 Å². The molecule has 39 heavy (non-hydrogen) atoms. The predicted molar refractivity (Wildman–Crippen MR) is 139 cm³/mol. The van der Waals surface area contributed by atoms with Crippen LogP contribution in [0.2, 0.25) is 0 Å². The van der Waals surface area contributed by atoms with Crippen molar-refractivity contribution in [2.75, 3.05) is 32.3 Å². The summed E-state index contributed by atoms with van der Waals surface area (Å²) in [5.74, 6) is -1.15. The highest BCUT2D eigenvalue weighted by atomic mass is 32.2. The number of nitrogens with zero attached hydrogens (tertiary/aromatic N) is 4. The van der Waals surface area contributed by atoms with Crippen LogP contribution in [0, 0.1) is 6.92 Å². The molecule has 0 unspecified atom stereocenters. The zero-order valence-electron chi connectivity index (χ0n) is 21.7. The van der Waals surface area contributed by atoms with Gasteiger partial charge in [0.2, 0.25) is 5.91 Å². The summed E-state index contributed by atoms with van der Waals surface area (Å²) in [6.45, 7) is 3.72. The lowest BCUT2D eigenvalue weighted by Crippen LogP contribution is -2.21. The number of esters is 1. The van der Waals surface area contributed by atoms with E-state index in [1.165, 1.54) is 24.1 Å². The number of hydrogen-bond donors (Lipinski definition) is 1. The molecular formula is C24H26F3N5O5S2. The molecular weight excluding hydrogens is 559 g/mol. The molecule has 2 amide bonds. The van der Waals surface area contributed by atoms with Crippen LogP contribution >= 0.6 is 23.1 Å². The van der Waals surface area contributed by atoms with Crippen molar-refractivity contribution in [3.05, 3.63) is 51.7 Å². The number of rotatable bonds is 10. The number of benzene rings is 1. The van der Waals surface area contributed by atoms with Gasteiger partial charge in [0, 0.05) is 20.6 Å². The fourth-order valence-electron chi connectivity index (χ4n) is 3.41. The summed E-state index contributed by atoms with van der Waals surface area (Å²) in [6.07, 6.45) is -4.49. The van der Waals surface area contributed by atoms with E-state index >= 15 is 0 Å². The van der Waals surface area contributed by atoms with Crippen LogP contribution in [-0.2, 0) is 28.9 Å². The van der Waals surface area contributed by atoms with Gasteiger partial charge in [-0.2, -0.15) is 13.2 Å². The molecule has 3 aromatic rings. The molecule has 0 fully saturated rings. The maximum atomic E-state index is 13.0. The minimum Gasteiger partial charge on any atom is -0.486 e. The first-order valence-corrected chi connectivity index (χ1v) is 13.3. The van der Waals surface area contributed by atoms with Crippen LogP contribution in [0.4, 0.5) is 18.2 Å². The minimum atomic E-state index is -4.49. The molecule has 0 saturated carbocycles. The number of alkyl halides is 3. The smallest absolute Gasteiger partial charge is 0.416 e. The van der Waals surface area contributed by atoms with E-state index in [0.29, 0.717) is 28.0 Å². The molecule has 0 aliphatic heterocycles. The van der Waals surface area contributed by atoms with Crippen LogP contribution in [0.3, 0.4) is 0 Å². The molecule has 15 heteroatoms. The molecule has 0 aliphatic carbocycles. The Morgan fingerprint density at radius 1 is 1.21 bits per heavy atom. The van der Waals surface area contributed by atoms with Gasteiger partial charge in [-0.3, -0.25) is 9.59 Å². The van der Waals surface area contributed by atoms with Gasteiger partial charge in [-0.1, -0.05) is 17.8 Å². The summed E-state index contributed by atoms with van der Waals surface area (Å²) >= 11 is 2.06. The second-order valence-electron chi connectivity index (χ2n) is 8.25. The Hall–Kier alpha value is -3.59. The Morgan fingerprint density at radius 2 is 1.92 bits per heavy atom. The lowest BCUT2D eigenvalue weighted by Gasteiger charge is -2.11. The number of anilines is 1. The Kier molecular flexibility index (Phi) is 9.61. The van der Waals surface area contributed by atoms with Gasteiger partial charge in [0.25, 0.3) is 5.91 Å². The third-order valence-corrected chi connectivity index (χ3v) is 7.52. The first-order chi connectivity index (χ1) is 18.4. The highest BCUT2D eigenvalue weighted by molar-refractivity contribution is 7.99. The Morgan fingerprint density at radius 3 is 2.54 bits per heavy atom. The molecule has 0 saturated heterocycles. The van der Waals surface area contributed by atoms with E-state index in [9.17, 15) is 27.6 Å². The van der Waals surface area contributed by atoms with E-state index < -0.39 is 23.6 Å². The van der Waals surface area contributed by atoms with Crippen LogP contribution in [0.15, 0.2) is 29.4 Å². The van der Waals surface area contributed by atoms with Crippen molar-refractivity contribution in [1.29, 1.82) is 0 Å². The lowest BCUT2D eigenvalue weighted by molar-refractivity contribution is -0.137. The Labute approximate surface area is 230 Å². The number of methoxy groups -OCH3 is 1. The van der Waals surface area contributed by atoms with Crippen LogP contribution in [0.1, 0.15) is 43.9 Å². The normalized spacial score (nSPS) is 11.3. The molecule has 210 valence electrons. The Balaban J connectivity index is 1.69. The lowest BCUT2D eigenvalue weighted by atomic mass is 10.1. The van der Waals surface area contributed by atoms with Crippen molar-refractivity contribution in [2.45, 2.75) is 38.3 Å².